The van der Waals surface area contributed by atoms with Crippen molar-refractivity contribution in [3.63, 3.8) is 0 Å². The third-order valence-electron chi connectivity index (χ3n) is 10.3. The molecule has 244 valence electrons. The zero-order valence-corrected chi connectivity index (χ0v) is 27.5. The minimum atomic E-state index is -1.61. The number of allylic oxidation sites excluding steroid dienone is 5. The number of aliphatic hydroxyl groups excluding tert-OH is 1. The van der Waals surface area contributed by atoms with E-state index in [1.54, 1.807) is 19.3 Å². The van der Waals surface area contributed by atoms with Crippen LogP contribution in [-0.2, 0) is 28.5 Å². The van der Waals surface area contributed by atoms with Crippen molar-refractivity contribution in [1.82, 2.24) is 0 Å². The second-order valence-corrected chi connectivity index (χ2v) is 13.8. The number of carbonyl (C=O) groups excluding carboxylic acids is 1. The summed E-state index contributed by atoms with van der Waals surface area (Å²) in [4.78, 5) is 14.1. The second kappa shape index (κ2) is 13.2. The molecule has 0 aromatic heterocycles. The molecule has 4 heterocycles. The first kappa shape index (κ1) is 33.1. The summed E-state index contributed by atoms with van der Waals surface area (Å²) in [6.07, 6.45) is 13.3. The number of aliphatic hydroxyl groups is 2. The Bertz CT molecular complexity index is 1230. The Kier molecular flexibility index (Phi) is 9.98. The first-order valence-corrected chi connectivity index (χ1v) is 16.4. The maximum Gasteiger partial charge on any atom is 0.316 e. The summed E-state index contributed by atoms with van der Waals surface area (Å²) in [7, 11) is 1.62. The van der Waals surface area contributed by atoms with Gasteiger partial charge in [0, 0.05) is 32.3 Å². The summed E-state index contributed by atoms with van der Waals surface area (Å²) in [5.41, 5.74) is 1.56. The van der Waals surface area contributed by atoms with Gasteiger partial charge in [-0.15, -0.1) is 0 Å². The molecule has 0 amide bonds. The maximum absolute atomic E-state index is 14.1. The number of rotatable bonds is 3. The molecule has 3 fully saturated rings. The van der Waals surface area contributed by atoms with Crippen LogP contribution in [0.3, 0.4) is 0 Å². The zero-order chi connectivity index (χ0) is 31.8. The molecule has 5 aliphatic rings. The van der Waals surface area contributed by atoms with Crippen LogP contribution < -0.4 is 0 Å². The fourth-order valence-corrected chi connectivity index (χ4v) is 8.05. The van der Waals surface area contributed by atoms with Crippen LogP contribution in [-0.4, -0.2) is 71.8 Å². The quantitative estimate of drug-likeness (QED) is 0.309. The van der Waals surface area contributed by atoms with Crippen LogP contribution in [0.4, 0.5) is 0 Å². The van der Waals surface area contributed by atoms with Gasteiger partial charge in [-0.2, -0.15) is 0 Å². The van der Waals surface area contributed by atoms with Gasteiger partial charge in [0.05, 0.1) is 36.9 Å². The molecular formula is C36H52O8. The fraction of sp³-hybridized carbons (Fsp3) is 0.694. The highest BCUT2D eigenvalue weighted by molar-refractivity contribution is 5.78. The molecule has 11 unspecified atom stereocenters. The van der Waals surface area contributed by atoms with E-state index in [4.69, 9.17) is 23.7 Å². The van der Waals surface area contributed by atoms with Gasteiger partial charge in [0.2, 0.25) is 0 Å². The van der Waals surface area contributed by atoms with E-state index in [2.05, 4.69) is 39.0 Å². The van der Waals surface area contributed by atoms with Crippen LogP contribution >= 0.6 is 0 Å². The number of carbonyl (C=O) groups is 1. The van der Waals surface area contributed by atoms with Gasteiger partial charge >= 0.3 is 5.97 Å². The van der Waals surface area contributed by atoms with E-state index < -0.39 is 41.4 Å². The molecule has 3 saturated heterocycles. The van der Waals surface area contributed by atoms with Gasteiger partial charge in [0.1, 0.15) is 23.4 Å². The number of methoxy groups -OCH3 is 1. The molecule has 0 aromatic carbocycles. The maximum atomic E-state index is 14.1. The number of ether oxygens (including phenoxy) is 5. The Labute approximate surface area is 262 Å². The van der Waals surface area contributed by atoms with E-state index >= 15 is 0 Å². The Hall–Kier alpha value is -2.23. The molecule has 8 nitrogen and oxygen atoms in total. The van der Waals surface area contributed by atoms with E-state index in [0.717, 1.165) is 24.0 Å². The number of hydrogen-bond acceptors (Lipinski definition) is 8. The van der Waals surface area contributed by atoms with Gasteiger partial charge in [-0.25, -0.2) is 0 Å². The molecule has 8 heteroatoms. The zero-order valence-electron chi connectivity index (χ0n) is 27.5. The minimum Gasteiger partial charge on any atom is -0.494 e. The summed E-state index contributed by atoms with van der Waals surface area (Å²) in [5, 5.41) is 23.6. The molecule has 1 aliphatic carbocycles. The van der Waals surface area contributed by atoms with Crippen LogP contribution in [0.5, 0.6) is 0 Å². The summed E-state index contributed by atoms with van der Waals surface area (Å²) in [5.74, 6) is -2.53. The van der Waals surface area contributed by atoms with Gasteiger partial charge in [0.15, 0.2) is 5.79 Å². The van der Waals surface area contributed by atoms with E-state index in [9.17, 15) is 15.0 Å². The van der Waals surface area contributed by atoms with Crippen LogP contribution in [0.25, 0.3) is 0 Å². The van der Waals surface area contributed by atoms with E-state index in [1.165, 1.54) is 5.57 Å². The lowest BCUT2D eigenvalue weighted by Gasteiger charge is -2.51. The minimum absolute atomic E-state index is 0.0986. The standard InChI is InChI=1S/C36H52O8/c1-8-10-23(4)32-25(6)30(37)19-35(44-32)18-27-17-26(43-35)14-13-22(3)15-21(2)11-9-12-31-36(39)28(34(38)42-27)16-24(5)33(40-7)29(36)20-41-31/h9-13,16,21,25-30,32-33,37,39H,8,14-15,17-20H2,1-7H3. The Morgan fingerprint density at radius 3 is 2.68 bits per heavy atom. The van der Waals surface area contributed by atoms with Crippen molar-refractivity contribution in [3.8, 4) is 0 Å². The predicted octanol–water partition coefficient (Wildman–Crippen LogP) is 5.70. The fourth-order valence-electron chi connectivity index (χ4n) is 8.05. The third kappa shape index (κ3) is 6.38. The van der Waals surface area contributed by atoms with Crippen LogP contribution in [0, 0.1) is 23.7 Å². The summed E-state index contributed by atoms with van der Waals surface area (Å²) >= 11 is 0. The lowest BCUT2D eigenvalue weighted by Crippen LogP contribution is -2.59. The number of hydrogen-bond donors (Lipinski definition) is 2. The van der Waals surface area contributed by atoms with Crippen molar-refractivity contribution >= 4 is 5.97 Å². The SMILES string of the molecule is CCC=C(C)C1OC2(CC3CC(CC=C(C)CC(C)C=CC=C4OCC5C(OC)C(C)=CC(C(=O)O3)C45O)O2)CC(O)C1C. The van der Waals surface area contributed by atoms with Crippen molar-refractivity contribution < 1.29 is 38.7 Å². The summed E-state index contributed by atoms with van der Waals surface area (Å²) < 4.78 is 31.7. The molecule has 11 atom stereocenters. The van der Waals surface area contributed by atoms with Crippen LogP contribution in [0.1, 0.15) is 80.1 Å². The highest BCUT2D eigenvalue weighted by atomic mass is 16.7. The largest absolute Gasteiger partial charge is 0.494 e. The first-order chi connectivity index (χ1) is 20.9. The average Bonchev–Trinajstić information content (AvgIpc) is 3.29. The highest BCUT2D eigenvalue weighted by Gasteiger charge is 2.61. The Balaban J connectivity index is 1.53. The lowest BCUT2D eigenvalue weighted by molar-refractivity contribution is -0.342. The van der Waals surface area contributed by atoms with Crippen molar-refractivity contribution in [1.29, 1.82) is 0 Å². The number of esters is 1. The predicted molar refractivity (Wildman–Crippen MR) is 167 cm³/mol. The van der Waals surface area contributed by atoms with E-state index in [-0.39, 0.29) is 36.8 Å². The summed E-state index contributed by atoms with van der Waals surface area (Å²) in [6.45, 7) is 12.6. The normalized spacial score (nSPS) is 43.4. The van der Waals surface area contributed by atoms with E-state index in [0.29, 0.717) is 31.4 Å². The molecule has 0 radical (unpaired) electrons. The lowest BCUT2D eigenvalue weighted by atomic mass is 9.68. The highest BCUT2D eigenvalue weighted by Crippen LogP contribution is 2.50. The van der Waals surface area contributed by atoms with Gasteiger partial charge in [-0.3, -0.25) is 4.79 Å². The topological polar surface area (TPSA) is 104 Å². The Morgan fingerprint density at radius 1 is 1.18 bits per heavy atom. The van der Waals surface area contributed by atoms with Gasteiger partial charge in [-0.05, 0) is 63.2 Å². The molecule has 0 saturated carbocycles. The molecule has 2 bridgehead atoms. The summed E-state index contributed by atoms with van der Waals surface area (Å²) in [6, 6.07) is 0. The molecule has 5 rings (SSSR count). The van der Waals surface area contributed by atoms with Crippen LogP contribution in [0.2, 0.25) is 0 Å². The molecule has 4 aliphatic heterocycles. The molecule has 2 N–H and O–H groups in total. The monoisotopic (exact) mass is 612 g/mol. The van der Waals surface area contributed by atoms with E-state index in [1.807, 2.05) is 26.8 Å². The van der Waals surface area contributed by atoms with Crippen molar-refractivity contribution in [2.24, 2.45) is 23.7 Å². The first-order valence-electron chi connectivity index (χ1n) is 16.4. The molecule has 1 spiro atoms. The second-order valence-electron chi connectivity index (χ2n) is 13.8. The van der Waals surface area contributed by atoms with Gasteiger partial charge in [-0.1, -0.05) is 56.7 Å². The third-order valence-corrected chi connectivity index (χ3v) is 10.3. The molecular weight excluding hydrogens is 560 g/mol. The van der Waals surface area contributed by atoms with Gasteiger partial charge in [0.25, 0.3) is 0 Å². The average molecular weight is 613 g/mol. The smallest absolute Gasteiger partial charge is 0.316 e. The van der Waals surface area contributed by atoms with Crippen molar-refractivity contribution in [2.75, 3.05) is 13.7 Å². The van der Waals surface area contributed by atoms with Gasteiger partial charge < -0.3 is 33.9 Å². The number of fused-ring (bicyclic) bond motifs is 2. The molecule has 44 heavy (non-hydrogen) atoms. The van der Waals surface area contributed by atoms with Crippen molar-refractivity contribution in [3.05, 3.63) is 58.9 Å². The molecule has 0 aromatic rings. The van der Waals surface area contributed by atoms with Crippen molar-refractivity contribution in [2.45, 2.75) is 122 Å². The van der Waals surface area contributed by atoms with Crippen LogP contribution in [0.15, 0.2) is 58.9 Å². The Morgan fingerprint density at radius 2 is 1.95 bits per heavy atom.